The molecule has 14 heavy (non-hydrogen) atoms. The van der Waals surface area contributed by atoms with E-state index in [2.05, 4.69) is 10.0 Å². The molecule has 0 aliphatic carbocycles. The minimum absolute atomic E-state index is 0.431. The summed E-state index contributed by atoms with van der Waals surface area (Å²) in [5.74, 6) is -0.667. The number of hydrogen-bond acceptors (Lipinski definition) is 4. The van der Waals surface area contributed by atoms with E-state index < -0.39 is 27.2 Å². The van der Waals surface area contributed by atoms with Crippen LogP contribution in [-0.4, -0.2) is 38.7 Å². The lowest BCUT2D eigenvalue weighted by Gasteiger charge is -2.14. The summed E-state index contributed by atoms with van der Waals surface area (Å²) in [4.78, 5) is 10.7. The monoisotopic (exact) mass is 221 g/mol. The lowest BCUT2D eigenvalue weighted by Crippen LogP contribution is -2.46. The van der Waals surface area contributed by atoms with E-state index >= 15 is 0 Å². The van der Waals surface area contributed by atoms with E-state index in [4.69, 9.17) is 5.73 Å². The summed E-state index contributed by atoms with van der Waals surface area (Å²) < 4.78 is 25.4. The first kappa shape index (κ1) is 11.4. The average molecular weight is 221 g/mol. The Labute approximate surface area is 83.3 Å². The van der Waals surface area contributed by atoms with Gasteiger partial charge in [-0.05, 0) is 19.9 Å². The molecule has 1 aliphatic rings. The quantitative estimate of drug-likeness (QED) is 0.518. The van der Waals surface area contributed by atoms with Crippen molar-refractivity contribution in [2.45, 2.75) is 24.6 Å². The van der Waals surface area contributed by atoms with Crippen LogP contribution in [0.25, 0.3) is 0 Å². The highest BCUT2D eigenvalue weighted by Crippen LogP contribution is 2.08. The van der Waals surface area contributed by atoms with Gasteiger partial charge in [0.2, 0.25) is 15.9 Å². The van der Waals surface area contributed by atoms with E-state index in [1.807, 2.05) is 0 Å². The number of carbonyl (C=O) groups excluding carboxylic acids is 1. The standard InChI is InChI=1S/C7H15N3O3S/c1-5(7(8)11)10-14(12,13)6-2-3-9-4-6/h5-6,9-10H,2-4H2,1H3,(H2,8,11). The Balaban J connectivity index is 2.61. The van der Waals surface area contributed by atoms with Crippen molar-refractivity contribution in [1.29, 1.82) is 0 Å². The fourth-order valence-electron chi connectivity index (χ4n) is 1.29. The van der Waals surface area contributed by atoms with Crippen LogP contribution < -0.4 is 15.8 Å². The second-order valence-corrected chi connectivity index (χ2v) is 5.39. The SMILES string of the molecule is CC(NS(=O)(=O)C1CCNC1)C(N)=O. The largest absolute Gasteiger partial charge is 0.368 e. The predicted octanol–water partition coefficient (Wildman–Crippen LogP) is -1.86. The predicted molar refractivity (Wildman–Crippen MR) is 52.0 cm³/mol. The van der Waals surface area contributed by atoms with Gasteiger partial charge in [-0.2, -0.15) is 0 Å². The molecule has 0 saturated carbocycles. The zero-order valence-corrected chi connectivity index (χ0v) is 8.80. The first-order chi connectivity index (χ1) is 6.43. The van der Waals surface area contributed by atoms with Crippen LogP contribution in [-0.2, 0) is 14.8 Å². The van der Waals surface area contributed by atoms with Gasteiger partial charge in [0.15, 0.2) is 0 Å². The van der Waals surface area contributed by atoms with Gasteiger partial charge >= 0.3 is 0 Å². The summed E-state index contributed by atoms with van der Waals surface area (Å²) >= 11 is 0. The summed E-state index contributed by atoms with van der Waals surface area (Å²) in [7, 11) is -3.42. The lowest BCUT2D eigenvalue weighted by atomic mass is 10.4. The number of amides is 1. The normalized spacial score (nSPS) is 24.8. The van der Waals surface area contributed by atoms with Gasteiger partial charge in [0.1, 0.15) is 0 Å². The van der Waals surface area contributed by atoms with Crippen LogP contribution in [0.5, 0.6) is 0 Å². The fourth-order valence-corrected chi connectivity index (χ4v) is 2.86. The third kappa shape index (κ3) is 2.66. The molecule has 1 aliphatic heterocycles. The van der Waals surface area contributed by atoms with Crippen LogP contribution in [0.15, 0.2) is 0 Å². The van der Waals surface area contributed by atoms with Gasteiger partial charge in [0.05, 0.1) is 11.3 Å². The summed E-state index contributed by atoms with van der Waals surface area (Å²) in [6.45, 7) is 2.56. The van der Waals surface area contributed by atoms with Crippen LogP contribution in [0.2, 0.25) is 0 Å². The molecular formula is C7H15N3O3S. The van der Waals surface area contributed by atoms with Crippen molar-refractivity contribution in [1.82, 2.24) is 10.0 Å². The maximum absolute atomic E-state index is 11.6. The molecule has 0 aromatic rings. The number of nitrogens with one attached hydrogen (secondary N) is 2. The van der Waals surface area contributed by atoms with E-state index in [9.17, 15) is 13.2 Å². The number of rotatable bonds is 4. The minimum atomic E-state index is -3.42. The van der Waals surface area contributed by atoms with E-state index in [1.54, 1.807) is 0 Å². The van der Waals surface area contributed by atoms with Crippen molar-refractivity contribution < 1.29 is 13.2 Å². The van der Waals surface area contributed by atoms with Crippen molar-refractivity contribution in [2.75, 3.05) is 13.1 Å². The smallest absolute Gasteiger partial charge is 0.235 e. The highest BCUT2D eigenvalue weighted by molar-refractivity contribution is 7.90. The molecule has 1 rings (SSSR count). The van der Waals surface area contributed by atoms with Gasteiger partial charge in [0, 0.05) is 6.54 Å². The molecule has 0 radical (unpaired) electrons. The topological polar surface area (TPSA) is 101 Å². The Hall–Kier alpha value is -0.660. The zero-order chi connectivity index (χ0) is 10.8. The maximum atomic E-state index is 11.6. The van der Waals surface area contributed by atoms with Crippen LogP contribution in [0.3, 0.4) is 0 Å². The molecule has 1 amide bonds. The van der Waals surface area contributed by atoms with Gasteiger partial charge in [-0.25, -0.2) is 13.1 Å². The third-order valence-electron chi connectivity index (χ3n) is 2.22. The fraction of sp³-hybridized carbons (Fsp3) is 0.857. The Morgan fingerprint density at radius 2 is 2.29 bits per heavy atom. The van der Waals surface area contributed by atoms with Gasteiger partial charge < -0.3 is 11.1 Å². The summed E-state index contributed by atoms with van der Waals surface area (Å²) in [5, 5.41) is 2.49. The van der Waals surface area contributed by atoms with Crippen molar-refractivity contribution in [2.24, 2.45) is 5.73 Å². The van der Waals surface area contributed by atoms with Crippen LogP contribution >= 0.6 is 0 Å². The molecular weight excluding hydrogens is 206 g/mol. The lowest BCUT2D eigenvalue weighted by molar-refractivity contribution is -0.119. The summed E-state index contributed by atoms with van der Waals surface area (Å²) in [6, 6.07) is -0.847. The number of hydrogen-bond donors (Lipinski definition) is 3. The number of primary amides is 1. The minimum Gasteiger partial charge on any atom is -0.368 e. The molecule has 1 heterocycles. The Kier molecular flexibility index (Phi) is 3.46. The summed E-state index contributed by atoms with van der Waals surface area (Å²) in [5.41, 5.74) is 4.96. The van der Waals surface area contributed by atoms with Crippen LogP contribution in [0.4, 0.5) is 0 Å². The van der Waals surface area contributed by atoms with E-state index in [0.29, 0.717) is 19.5 Å². The second-order valence-electron chi connectivity index (χ2n) is 3.40. The number of nitrogens with two attached hydrogens (primary N) is 1. The zero-order valence-electron chi connectivity index (χ0n) is 7.99. The molecule has 0 spiro atoms. The van der Waals surface area contributed by atoms with Gasteiger partial charge in [-0.3, -0.25) is 4.79 Å². The molecule has 7 heteroatoms. The van der Waals surface area contributed by atoms with Gasteiger partial charge in [-0.1, -0.05) is 0 Å². The Morgan fingerprint density at radius 1 is 1.64 bits per heavy atom. The highest BCUT2D eigenvalue weighted by atomic mass is 32.2. The molecule has 1 saturated heterocycles. The van der Waals surface area contributed by atoms with Gasteiger partial charge in [-0.15, -0.1) is 0 Å². The molecule has 6 nitrogen and oxygen atoms in total. The molecule has 82 valence electrons. The highest BCUT2D eigenvalue weighted by Gasteiger charge is 2.30. The molecule has 4 N–H and O–H groups in total. The average Bonchev–Trinajstić information content (AvgIpc) is 2.54. The number of sulfonamides is 1. The van der Waals surface area contributed by atoms with Crippen molar-refractivity contribution in [3.63, 3.8) is 0 Å². The Morgan fingerprint density at radius 3 is 2.71 bits per heavy atom. The molecule has 2 atom stereocenters. The molecule has 2 unspecified atom stereocenters. The number of carbonyl (C=O) groups is 1. The van der Waals surface area contributed by atoms with Crippen molar-refractivity contribution in [3.05, 3.63) is 0 Å². The third-order valence-corrected chi connectivity index (χ3v) is 4.18. The first-order valence-electron chi connectivity index (χ1n) is 4.44. The van der Waals surface area contributed by atoms with Crippen molar-refractivity contribution >= 4 is 15.9 Å². The first-order valence-corrected chi connectivity index (χ1v) is 5.99. The van der Waals surface area contributed by atoms with Gasteiger partial charge in [0.25, 0.3) is 0 Å². The molecule has 0 aromatic carbocycles. The maximum Gasteiger partial charge on any atom is 0.235 e. The molecule has 0 bridgehead atoms. The van der Waals surface area contributed by atoms with Crippen LogP contribution in [0, 0.1) is 0 Å². The Bertz CT molecular complexity index is 308. The van der Waals surface area contributed by atoms with Crippen LogP contribution in [0.1, 0.15) is 13.3 Å². The van der Waals surface area contributed by atoms with E-state index in [1.165, 1.54) is 6.92 Å². The van der Waals surface area contributed by atoms with E-state index in [0.717, 1.165) is 0 Å². The molecule has 1 fully saturated rings. The molecule has 0 aromatic heterocycles. The van der Waals surface area contributed by atoms with E-state index in [-0.39, 0.29) is 0 Å². The summed E-state index contributed by atoms with van der Waals surface area (Å²) in [6.07, 6.45) is 0.570. The van der Waals surface area contributed by atoms with Crippen molar-refractivity contribution in [3.8, 4) is 0 Å². The second kappa shape index (κ2) is 4.24.